The zero-order chi connectivity index (χ0) is 17.3. The second kappa shape index (κ2) is 6.43. The molecule has 2 aromatic rings. The topological polar surface area (TPSA) is 58.8 Å². The summed E-state index contributed by atoms with van der Waals surface area (Å²) in [7, 11) is 0. The minimum absolute atomic E-state index is 0.223. The molecule has 0 radical (unpaired) electrons. The molecule has 1 aliphatic heterocycles. The third-order valence-electron chi connectivity index (χ3n) is 4.09. The highest BCUT2D eigenvalue weighted by Crippen LogP contribution is 2.19. The highest BCUT2D eigenvalue weighted by Gasteiger charge is 2.30. The molecule has 1 atom stereocenters. The van der Waals surface area contributed by atoms with Gasteiger partial charge in [0.2, 0.25) is 5.89 Å². The smallest absolute Gasteiger partial charge is 0.410 e. The molecule has 0 saturated carbocycles. The van der Waals surface area contributed by atoms with Crippen molar-refractivity contribution in [3.05, 3.63) is 30.2 Å². The highest BCUT2D eigenvalue weighted by molar-refractivity contribution is 5.72. The molecule has 0 spiro atoms. The number of rotatable bonds is 2. The summed E-state index contributed by atoms with van der Waals surface area (Å²) < 4.78 is 11.3. The summed E-state index contributed by atoms with van der Waals surface area (Å²) in [5, 5.41) is 0. The number of oxazole rings is 1. The monoisotopic (exact) mass is 331 g/mol. The van der Waals surface area contributed by atoms with E-state index in [2.05, 4.69) is 16.8 Å². The van der Waals surface area contributed by atoms with Crippen LogP contribution in [0.15, 0.2) is 28.7 Å². The first kappa shape index (κ1) is 16.8. The minimum Gasteiger partial charge on any atom is -0.444 e. The molecular formula is C18H25N3O3. The van der Waals surface area contributed by atoms with Crippen LogP contribution in [0.5, 0.6) is 0 Å². The molecule has 1 aromatic carbocycles. The molecular weight excluding hydrogens is 306 g/mol. The summed E-state index contributed by atoms with van der Waals surface area (Å²) in [4.78, 5) is 20.8. The molecule has 6 nitrogen and oxygen atoms in total. The summed E-state index contributed by atoms with van der Waals surface area (Å²) in [5.74, 6) is 0.716. The number of para-hydroxylation sites is 2. The van der Waals surface area contributed by atoms with Gasteiger partial charge in [-0.1, -0.05) is 12.1 Å². The Kier molecular flexibility index (Phi) is 4.49. The number of aromatic nitrogens is 1. The van der Waals surface area contributed by atoms with Gasteiger partial charge in [-0.3, -0.25) is 4.90 Å². The average molecular weight is 331 g/mol. The Labute approximate surface area is 142 Å². The lowest BCUT2D eigenvalue weighted by atomic mass is 10.2. The fraction of sp³-hybridized carbons (Fsp3) is 0.556. The molecule has 2 heterocycles. The molecule has 3 rings (SSSR count). The van der Waals surface area contributed by atoms with Crippen LogP contribution < -0.4 is 0 Å². The van der Waals surface area contributed by atoms with E-state index in [0.717, 1.165) is 17.6 Å². The number of carbonyl (C=O) groups excluding carboxylic acids is 1. The quantitative estimate of drug-likeness (QED) is 0.845. The number of nitrogens with zero attached hydrogens (tertiary/aromatic N) is 3. The van der Waals surface area contributed by atoms with Gasteiger partial charge in [-0.15, -0.1) is 0 Å². The second-order valence-electron chi connectivity index (χ2n) is 7.32. The maximum Gasteiger partial charge on any atom is 0.410 e. The van der Waals surface area contributed by atoms with Crippen LogP contribution in [0.4, 0.5) is 4.79 Å². The molecule has 1 aliphatic rings. The van der Waals surface area contributed by atoms with Crippen molar-refractivity contribution in [1.82, 2.24) is 14.8 Å². The van der Waals surface area contributed by atoms with Crippen LogP contribution in [0, 0.1) is 0 Å². The summed E-state index contributed by atoms with van der Waals surface area (Å²) in [6, 6.07) is 8.00. The summed E-state index contributed by atoms with van der Waals surface area (Å²) >= 11 is 0. The Hall–Kier alpha value is -2.08. The Morgan fingerprint density at radius 2 is 2.08 bits per heavy atom. The van der Waals surface area contributed by atoms with Gasteiger partial charge < -0.3 is 14.1 Å². The van der Waals surface area contributed by atoms with Crippen LogP contribution in [0.25, 0.3) is 11.1 Å². The lowest BCUT2D eigenvalue weighted by Crippen LogP contribution is -2.54. The van der Waals surface area contributed by atoms with Gasteiger partial charge in [0.1, 0.15) is 11.1 Å². The molecule has 1 saturated heterocycles. The van der Waals surface area contributed by atoms with Crippen molar-refractivity contribution in [1.29, 1.82) is 0 Å². The lowest BCUT2D eigenvalue weighted by molar-refractivity contribution is 0.00359. The number of fused-ring (bicyclic) bond motifs is 1. The van der Waals surface area contributed by atoms with Gasteiger partial charge in [0.25, 0.3) is 0 Å². The van der Waals surface area contributed by atoms with Crippen LogP contribution in [-0.4, -0.2) is 52.2 Å². The Bertz CT molecular complexity index is 687. The fourth-order valence-electron chi connectivity index (χ4n) is 2.88. The van der Waals surface area contributed by atoms with Crippen molar-refractivity contribution < 1.29 is 13.9 Å². The molecule has 6 heteroatoms. The van der Waals surface area contributed by atoms with Crippen molar-refractivity contribution in [2.45, 2.75) is 45.9 Å². The van der Waals surface area contributed by atoms with Crippen LogP contribution >= 0.6 is 0 Å². The number of hydrogen-bond donors (Lipinski definition) is 0. The molecule has 24 heavy (non-hydrogen) atoms. The fourth-order valence-corrected chi connectivity index (χ4v) is 2.88. The Morgan fingerprint density at radius 3 is 2.75 bits per heavy atom. The molecule has 0 aliphatic carbocycles. The lowest BCUT2D eigenvalue weighted by Gasteiger charge is -2.39. The van der Waals surface area contributed by atoms with Crippen LogP contribution in [0.3, 0.4) is 0 Å². The first-order valence-electron chi connectivity index (χ1n) is 8.38. The normalized spacial score (nSPS) is 19.7. The molecule has 1 fully saturated rings. The Morgan fingerprint density at radius 1 is 1.33 bits per heavy atom. The van der Waals surface area contributed by atoms with Crippen molar-refractivity contribution in [3.8, 4) is 0 Å². The van der Waals surface area contributed by atoms with E-state index in [1.54, 1.807) is 4.90 Å². The average Bonchev–Trinajstić information content (AvgIpc) is 2.89. The van der Waals surface area contributed by atoms with E-state index in [-0.39, 0.29) is 12.1 Å². The van der Waals surface area contributed by atoms with Crippen molar-refractivity contribution >= 4 is 17.2 Å². The zero-order valence-corrected chi connectivity index (χ0v) is 14.8. The van der Waals surface area contributed by atoms with E-state index in [0.29, 0.717) is 25.5 Å². The van der Waals surface area contributed by atoms with Crippen LogP contribution in [0.2, 0.25) is 0 Å². The minimum atomic E-state index is -0.463. The number of carbonyl (C=O) groups is 1. The maximum atomic E-state index is 12.2. The SMILES string of the molecule is C[C@H]1CN(C(=O)OC(C)(C)C)CCN1Cc1nc2ccccc2o1. The largest absolute Gasteiger partial charge is 0.444 e. The number of piperazine rings is 1. The van der Waals surface area contributed by atoms with E-state index >= 15 is 0 Å². The predicted octanol–water partition coefficient (Wildman–Crippen LogP) is 3.27. The van der Waals surface area contributed by atoms with Crippen molar-refractivity contribution in [2.75, 3.05) is 19.6 Å². The van der Waals surface area contributed by atoms with Crippen LogP contribution in [0.1, 0.15) is 33.6 Å². The third-order valence-corrected chi connectivity index (χ3v) is 4.09. The van der Waals surface area contributed by atoms with Gasteiger partial charge in [-0.25, -0.2) is 9.78 Å². The summed E-state index contributed by atoms with van der Waals surface area (Å²) in [6.07, 6.45) is -0.240. The first-order valence-corrected chi connectivity index (χ1v) is 8.38. The van der Waals surface area contributed by atoms with E-state index in [4.69, 9.17) is 9.15 Å². The number of benzene rings is 1. The van der Waals surface area contributed by atoms with Crippen LogP contribution in [-0.2, 0) is 11.3 Å². The number of amides is 1. The van der Waals surface area contributed by atoms with E-state index < -0.39 is 5.60 Å². The molecule has 130 valence electrons. The van der Waals surface area contributed by atoms with Gasteiger partial charge in [0, 0.05) is 25.7 Å². The third kappa shape index (κ3) is 3.87. The van der Waals surface area contributed by atoms with Gasteiger partial charge in [0.15, 0.2) is 5.58 Å². The highest BCUT2D eigenvalue weighted by atomic mass is 16.6. The van der Waals surface area contributed by atoms with Gasteiger partial charge in [-0.05, 0) is 39.8 Å². The maximum absolute atomic E-state index is 12.2. The molecule has 0 unspecified atom stereocenters. The van der Waals surface area contributed by atoms with E-state index in [1.807, 2.05) is 45.0 Å². The zero-order valence-electron chi connectivity index (χ0n) is 14.8. The Balaban J connectivity index is 1.60. The summed E-state index contributed by atoms with van der Waals surface area (Å²) in [6.45, 7) is 10.5. The molecule has 0 bridgehead atoms. The molecule has 1 aromatic heterocycles. The van der Waals surface area contributed by atoms with Crippen molar-refractivity contribution in [2.24, 2.45) is 0 Å². The van der Waals surface area contributed by atoms with Gasteiger partial charge in [0.05, 0.1) is 6.54 Å². The van der Waals surface area contributed by atoms with Gasteiger partial charge >= 0.3 is 6.09 Å². The summed E-state index contributed by atoms with van der Waals surface area (Å²) in [5.41, 5.74) is 1.23. The van der Waals surface area contributed by atoms with Gasteiger partial charge in [-0.2, -0.15) is 0 Å². The molecule has 1 amide bonds. The predicted molar refractivity (Wildman–Crippen MR) is 91.7 cm³/mol. The van der Waals surface area contributed by atoms with E-state index in [9.17, 15) is 4.79 Å². The van der Waals surface area contributed by atoms with E-state index in [1.165, 1.54) is 0 Å². The molecule has 0 N–H and O–H groups in total. The number of hydrogen-bond acceptors (Lipinski definition) is 5. The van der Waals surface area contributed by atoms with Crippen molar-refractivity contribution in [3.63, 3.8) is 0 Å². The first-order chi connectivity index (χ1) is 11.3. The number of ether oxygens (including phenoxy) is 1. The standard InChI is InChI=1S/C18H25N3O3/c1-13-11-21(17(22)24-18(2,3)4)10-9-20(13)12-16-19-14-7-5-6-8-15(14)23-16/h5-8,13H,9-12H2,1-4H3/t13-/m0/s1. The second-order valence-corrected chi connectivity index (χ2v) is 7.32.